The fraction of sp³-hybridized carbons (Fsp3) is 0.333. The van der Waals surface area contributed by atoms with Crippen molar-refractivity contribution in [3.05, 3.63) is 76.9 Å². The van der Waals surface area contributed by atoms with Crippen molar-refractivity contribution in [2.45, 2.75) is 31.0 Å². The van der Waals surface area contributed by atoms with Gasteiger partial charge in [-0.05, 0) is 41.3 Å². The van der Waals surface area contributed by atoms with Crippen LogP contribution >= 0.6 is 0 Å². The molecule has 0 radical (unpaired) electrons. The van der Waals surface area contributed by atoms with E-state index in [2.05, 4.69) is 15.4 Å². The summed E-state index contributed by atoms with van der Waals surface area (Å²) in [6.07, 6.45) is -4.87. The third-order valence-corrected chi connectivity index (χ3v) is 5.76. The van der Waals surface area contributed by atoms with Crippen molar-refractivity contribution in [2.24, 2.45) is 0 Å². The van der Waals surface area contributed by atoms with Gasteiger partial charge in [0.1, 0.15) is 5.82 Å². The number of hydrogen-bond donors (Lipinski definition) is 1. The zero-order chi connectivity index (χ0) is 22.9. The molecule has 1 aliphatic heterocycles. The van der Waals surface area contributed by atoms with Crippen LogP contribution in [-0.2, 0) is 18.1 Å². The lowest BCUT2D eigenvalue weighted by Gasteiger charge is -2.39. The zero-order valence-electron chi connectivity index (χ0n) is 16.8. The maximum absolute atomic E-state index is 13.9. The Labute approximate surface area is 180 Å². The maximum Gasteiger partial charge on any atom is 0.419 e. The van der Waals surface area contributed by atoms with Crippen molar-refractivity contribution in [1.82, 2.24) is 25.1 Å². The summed E-state index contributed by atoms with van der Waals surface area (Å²) in [6.45, 7) is 0.528. The Morgan fingerprint density at radius 1 is 1.09 bits per heavy atom. The number of amides is 1. The molecule has 0 atom stereocenters. The van der Waals surface area contributed by atoms with Crippen molar-refractivity contribution in [3.63, 3.8) is 0 Å². The summed E-state index contributed by atoms with van der Waals surface area (Å²) in [7, 11) is 0. The minimum absolute atomic E-state index is 0.0613. The van der Waals surface area contributed by atoms with Gasteiger partial charge in [0.2, 0.25) is 0 Å². The van der Waals surface area contributed by atoms with E-state index in [1.165, 1.54) is 15.8 Å². The van der Waals surface area contributed by atoms with Crippen molar-refractivity contribution < 1.29 is 27.5 Å². The first-order chi connectivity index (χ1) is 15.2. The number of benzene rings is 2. The van der Waals surface area contributed by atoms with Crippen LogP contribution in [0.4, 0.5) is 22.4 Å². The zero-order valence-corrected chi connectivity index (χ0v) is 16.8. The summed E-state index contributed by atoms with van der Waals surface area (Å²) in [6, 6.07) is 12.1. The van der Waals surface area contributed by atoms with E-state index >= 15 is 0 Å². The van der Waals surface area contributed by atoms with Gasteiger partial charge in [0.05, 0.1) is 17.5 Å². The number of rotatable bonds is 4. The van der Waals surface area contributed by atoms with Gasteiger partial charge in [0.25, 0.3) is 0 Å². The summed E-state index contributed by atoms with van der Waals surface area (Å²) in [5, 5.41) is 21.9. The van der Waals surface area contributed by atoms with E-state index in [0.717, 1.165) is 11.6 Å². The van der Waals surface area contributed by atoms with Gasteiger partial charge in [-0.3, -0.25) is 0 Å². The molecule has 32 heavy (non-hydrogen) atoms. The average Bonchev–Trinajstić information content (AvgIpc) is 3.22. The predicted octanol–water partition coefficient (Wildman–Crippen LogP) is 3.94. The van der Waals surface area contributed by atoms with Crippen LogP contribution in [0.3, 0.4) is 0 Å². The predicted molar refractivity (Wildman–Crippen MR) is 104 cm³/mol. The highest BCUT2D eigenvalue weighted by Crippen LogP contribution is 2.40. The minimum Gasteiger partial charge on any atom is -0.465 e. The van der Waals surface area contributed by atoms with Crippen LogP contribution in [0.5, 0.6) is 0 Å². The fourth-order valence-electron chi connectivity index (χ4n) is 4.03. The van der Waals surface area contributed by atoms with E-state index in [1.54, 1.807) is 0 Å². The molecule has 2 heterocycles. The Bertz CT molecular complexity index is 1110. The van der Waals surface area contributed by atoms with E-state index in [0.29, 0.717) is 37.8 Å². The lowest BCUT2D eigenvalue weighted by Crippen LogP contribution is -2.45. The third-order valence-electron chi connectivity index (χ3n) is 5.76. The molecule has 0 spiro atoms. The number of piperidine rings is 1. The Hall–Kier alpha value is -3.50. The third kappa shape index (κ3) is 4.14. The normalized spacial score (nSPS) is 16.2. The molecule has 7 nitrogen and oxygen atoms in total. The summed E-state index contributed by atoms with van der Waals surface area (Å²) < 4.78 is 52.2. The van der Waals surface area contributed by atoms with Crippen LogP contribution in [-0.4, -0.2) is 49.4 Å². The molecular formula is C21H19F4N5O2. The van der Waals surface area contributed by atoms with E-state index in [1.807, 2.05) is 30.3 Å². The lowest BCUT2D eigenvalue weighted by atomic mass is 9.72. The molecule has 1 saturated heterocycles. The van der Waals surface area contributed by atoms with Gasteiger partial charge in [-0.15, -0.1) is 10.2 Å². The summed E-state index contributed by atoms with van der Waals surface area (Å²) in [5.41, 5.74) is -0.808. The first-order valence-corrected chi connectivity index (χ1v) is 9.86. The van der Waals surface area contributed by atoms with Crippen molar-refractivity contribution >= 4 is 6.09 Å². The molecule has 168 valence electrons. The van der Waals surface area contributed by atoms with Gasteiger partial charge >= 0.3 is 12.3 Å². The van der Waals surface area contributed by atoms with Crippen molar-refractivity contribution in [3.8, 4) is 0 Å². The lowest BCUT2D eigenvalue weighted by molar-refractivity contribution is -0.140. The topological polar surface area (TPSA) is 84.1 Å². The number of aromatic nitrogens is 4. The Kier molecular flexibility index (Phi) is 5.57. The molecular weight excluding hydrogens is 430 g/mol. The molecule has 0 unspecified atom stereocenters. The van der Waals surface area contributed by atoms with E-state index in [-0.39, 0.29) is 12.1 Å². The highest BCUT2D eigenvalue weighted by atomic mass is 19.4. The van der Waals surface area contributed by atoms with Crippen LogP contribution in [0.2, 0.25) is 0 Å². The fourth-order valence-corrected chi connectivity index (χ4v) is 4.03. The van der Waals surface area contributed by atoms with Crippen molar-refractivity contribution in [1.29, 1.82) is 0 Å². The molecule has 0 aliphatic carbocycles. The first kappa shape index (κ1) is 21.7. The molecule has 1 N–H and O–H groups in total. The molecule has 1 aromatic heterocycles. The van der Waals surface area contributed by atoms with Gasteiger partial charge in [0.15, 0.2) is 5.82 Å². The number of tetrazole rings is 1. The van der Waals surface area contributed by atoms with Crippen LogP contribution in [0.15, 0.2) is 48.5 Å². The standard InChI is InChI=1S/C21H19F4N5O2/c22-17-12-14(6-7-16(17)21(23,24)25)13-30-27-18(26-28-30)20(15-4-2-1-3-5-15)8-10-29(11-9-20)19(31)32/h1-7,12H,8-11,13H2,(H,31,32). The van der Waals surface area contributed by atoms with Gasteiger partial charge in [-0.1, -0.05) is 36.4 Å². The van der Waals surface area contributed by atoms with E-state index < -0.39 is 29.1 Å². The number of likely N-dealkylation sites (tertiary alicyclic amines) is 1. The average molecular weight is 449 g/mol. The Morgan fingerprint density at radius 3 is 2.38 bits per heavy atom. The second-order valence-electron chi connectivity index (χ2n) is 7.67. The van der Waals surface area contributed by atoms with Crippen LogP contribution < -0.4 is 0 Å². The van der Waals surface area contributed by atoms with Crippen molar-refractivity contribution in [2.75, 3.05) is 13.1 Å². The number of halogens is 4. The first-order valence-electron chi connectivity index (χ1n) is 9.86. The number of alkyl halides is 3. The smallest absolute Gasteiger partial charge is 0.419 e. The Morgan fingerprint density at radius 2 is 1.78 bits per heavy atom. The molecule has 11 heteroatoms. The second kappa shape index (κ2) is 8.21. The van der Waals surface area contributed by atoms with Crippen LogP contribution in [0.1, 0.15) is 35.4 Å². The van der Waals surface area contributed by atoms with Crippen LogP contribution in [0.25, 0.3) is 0 Å². The number of carboxylic acid groups (broad SMARTS) is 1. The number of hydrogen-bond acceptors (Lipinski definition) is 4. The van der Waals surface area contributed by atoms with Gasteiger partial charge in [0, 0.05) is 13.1 Å². The van der Waals surface area contributed by atoms with Crippen LogP contribution in [0, 0.1) is 5.82 Å². The number of nitrogens with zero attached hydrogens (tertiary/aromatic N) is 5. The van der Waals surface area contributed by atoms with E-state index in [4.69, 9.17) is 0 Å². The van der Waals surface area contributed by atoms with Gasteiger partial charge in [-0.25, -0.2) is 9.18 Å². The SMILES string of the molecule is O=C(O)N1CCC(c2ccccc2)(c2nnn(Cc3ccc(C(F)(F)F)c(F)c3)n2)CC1. The Balaban J connectivity index is 1.61. The molecule has 0 bridgehead atoms. The second-order valence-corrected chi connectivity index (χ2v) is 7.67. The minimum atomic E-state index is -4.77. The molecule has 4 rings (SSSR count). The molecule has 0 saturated carbocycles. The summed E-state index contributed by atoms with van der Waals surface area (Å²) >= 11 is 0. The molecule has 1 aliphatic rings. The highest BCUT2D eigenvalue weighted by molar-refractivity contribution is 5.65. The molecule has 1 fully saturated rings. The molecule has 1 amide bonds. The monoisotopic (exact) mass is 449 g/mol. The highest BCUT2D eigenvalue weighted by Gasteiger charge is 2.42. The largest absolute Gasteiger partial charge is 0.465 e. The van der Waals surface area contributed by atoms with Gasteiger partial charge < -0.3 is 10.0 Å². The molecule has 3 aromatic rings. The summed E-state index contributed by atoms with van der Waals surface area (Å²) in [4.78, 5) is 13.9. The van der Waals surface area contributed by atoms with E-state index in [9.17, 15) is 27.5 Å². The quantitative estimate of drug-likeness (QED) is 0.610. The summed E-state index contributed by atoms with van der Waals surface area (Å²) in [5.74, 6) is -0.974. The maximum atomic E-state index is 13.9. The number of carbonyl (C=O) groups is 1. The van der Waals surface area contributed by atoms with Gasteiger partial charge in [-0.2, -0.15) is 18.0 Å². The molecule has 2 aromatic carbocycles.